The number of esters is 1. The largest absolute Gasteiger partial charge is 0.424 e. The summed E-state index contributed by atoms with van der Waals surface area (Å²) in [5.74, 6) is -1.01. The average molecular weight is 392 g/mol. The monoisotopic (exact) mass is 392 g/mol. The van der Waals surface area contributed by atoms with E-state index in [0.717, 1.165) is 12.1 Å². The molecule has 0 radical (unpaired) electrons. The number of benzene rings is 2. The highest BCUT2D eigenvalue weighted by Gasteiger charge is 2.29. The van der Waals surface area contributed by atoms with Gasteiger partial charge < -0.3 is 10.5 Å². The molecule has 0 fully saturated rings. The number of aromatic nitrogens is 1. The molecule has 0 spiro atoms. The molecule has 0 saturated heterocycles. The molecule has 2 aromatic carbocycles. The molecule has 8 heteroatoms. The van der Waals surface area contributed by atoms with Crippen molar-refractivity contribution in [3.63, 3.8) is 0 Å². The highest BCUT2D eigenvalue weighted by Crippen LogP contribution is 2.29. The van der Waals surface area contributed by atoms with Crippen LogP contribution in [0.5, 0.6) is 5.75 Å². The molecule has 0 aliphatic rings. The molecule has 146 valence electrons. The highest BCUT2D eigenvalue weighted by atomic mass is 19.4. The number of carbonyl (C=O) groups excluding carboxylic acids is 1. The van der Waals surface area contributed by atoms with E-state index in [2.05, 4.69) is 4.98 Å². The third-order valence-electron chi connectivity index (χ3n) is 4.16. The first kappa shape index (κ1) is 19.8. The first-order valence-electron chi connectivity index (χ1n) is 8.41. The number of fused-ring (bicyclic) bond motifs is 1. The third kappa shape index (κ3) is 4.83. The van der Waals surface area contributed by atoms with E-state index in [-0.39, 0.29) is 12.2 Å². The number of halogens is 4. The van der Waals surface area contributed by atoms with Gasteiger partial charge >= 0.3 is 12.1 Å². The molecular weight excluding hydrogens is 376 g/mol. The summed E-state index contributed by atoms with van der Waals surface area (Å²) in [6.45, 7) is 0. The predicted octanol–water partition coefficient (Wildman–Crippen LogP) is 4.26. The summed E-state index contributed by atoms with van der Waals surface area (Å²) in [7, 11) is 0. The summed E-state index contributed by atoms with van der Waals surface area (Å²) in [5, 5.41) is 0.476. The topological polar surface area (TPSA) is 65.2 Å². The maximum Gasteiger partial charge on any atom is 0.416 e. The van der Waals surface area contributed by atoms with Crippen molar-refractivity contribution in [1.82, 2.24) is 4.98 Å². The van der Waals surface area contributed by atoms with Gasteiger partial charge in [-0.3, -0.25) is 4.98 Å². The van der Waals surface area contributed by atoms with Gasteiger partial charge in [0.25, 0.3) is 0 Å². The second kappa shape index (κ2) is 7.93. The Morgan fingerprint density at radius 2 is 1.82 bits per heavy atom. The van der Waals surface area contributed by atoms with Crippen molar-refractivity contribution < 1.29 is 27.1 Å². The maximum atomic E-state index is 13.3. The van der Waals surface area contributed by atoms with E-state index in [1.54, 1.807) is 0 Å². The lowest BCUT2D eigenvalue weighted by molar-refractivity contribution is -0.137. The fourth-order valence-electron chi connectivity index (χ4n) is 2.63. The van der Waals surface area contributed by atoms with Gasteiger partial charge in [-0.25, -0.2) is 9.18 Å². The fraction of sp³-hybridized carbons (Fsp3) is 0.200. The zero-order valence-corrected chi connectivity index (χ0v) is 14.5. The summed E-state index contributed by atoms with van der Waals surface area (Å²) >= 11 is 0. The van der Waals surface area contributed by atoms with Crippen molar-refractivity contribution in [2.45, 2.75) is 25.1 Å². The summed E-state index contributed by atoms with van der Waals surface area (Å²) in [5.41, 5.74) is 6.25. The van der Waals surface area contributed by atoms with Gasteiger partial charge in [-0.2, -0.15) is 13.2 Å². The molecule has 28 heavy (non-hydrogen) atoms. The van der Waals surface area contributed by atoms with Gasteiger partial charge in [0.2, 0.25) is 0 Å². The number of nitrogens with zero attached hydrogens (tertiary/aromatic N) is 1. The quantitative estimate of drug-likeness (QED) is 0.521. The second-order valence-electron chi connectivity index (χ2n) is 6.27. The Morgan fingerprint density at radius 1 is 1.11 bits per heavy atom. The zero-order valence-electron chi connectivity index (χ0n) is 14.5. The number of hydrogen-bond donors (Lipinski definition) is 1. The number of hydrogen-bond acceptors (Lipinski definition) is 4. The average Bonchev–Trinajstić information content (AvgIpc) is 2.65. The van der Waals surface area contributed by atoms with Crippen molar-refractivity contribution in [3.05, 3.63) is 71.7 Å². The van der Waals surface area contributed by atoms with Crippen LogP contribution in [0.15, 0.2) is 54.7 Å². The number of rotatable bonds is 5. The Bertz CT molecular complexity index is 988. The SMILES string of the molecule is N[C@H](CCc1ccc(C(F)(F)F)cc1)C(=O)Oc1cnc2ccc(F)cc2c1. The van der Waals surface area contributed by atoms with Crippen molar-refractivity contribution in [3.8, 4) is 5.75 Å². The molecule has 0 amide bonds. The molecule has 0 bridgehead atoms. The minimum Gasteiger partial charge on any atom is -0.424 e. The molecule has 0 aliphatic carbocycles. The van der Waals surface area contributed by atoms with E-state index in [9.17, 15) is 22.4 Å². The molecule has 0 saturated carbocycles. The van der Waals surface area contributed by atoms with Gasteiger partial charge in [0.15, 0.2) is 0 Å². The first-order chi connectivity index (χ1) is 13.2. The van der Waals surface area contributed by atoms with Crippen LogP contribution in [0, 0.1) is 5.82 Å². The number of ether oxygens (including phenoxy) is 1. The molecular formula is C20H16F4N2O2. The first-order valence-corrected chi connectivity index (χ1v) is 8.41. The summed E-state index contributed by atoms with van der Waals surface area (Å²) in [6.07, 6.45) is -2.55. The van der Waals surface area contributed by atoms with E-state index in [0.29, 0.717) is 22.9 Å². The van der Waals surface area contributed by atoms with Gasteiger partial charge in [0.1, 0.15) is 17.6 Å². The molecule has 0 aliphatic heterocycles. The lowest BCUT2D eigenvalue weighted by atomic mass is 10.0. The van der Waals surface area contributed by atoms with Gasteiger partial charge in [-0.15, -0.1) is 0 Å². The molecule has 1 aromatic heterocycles. The molecule has 1 atom stereocenters. The fourth-order valence-corrected chi connectivity index (χ4v) is 2.63. The molecule has 3 rings (SSSR count). The lowest BCUT2D eigenvalue weighted by Gasteiger charge is -2.12. The Hall–Kier alpha value is -3.00. The standard InChI is InChI=1S/C20H16F4N2O2/c21-15-6-8-18-13(9-15)10-16(11-26-18)28-19(27)17(25)7-3-12-1-4-14(5-2-12)20(22,23)24/h1-2,4-6,8-11,17H,3,7,25H2/t17-/m1/s1. The highest BCUT2D eigenvalue weighted by molar-refractivity contribution is 5.82. The van der Waals surface area contributed by atoms with Crippen molar-refractivity contribution in [2.24, 2.45) is 5.73 Å². The number of nitrogens with two attached hydrogens (primary N) is 1. The van der Waals surface area contributed by atoms with Crippen LogP contribution in [0.3, 0.4) is 0 Å². The van der Waals surface area contributed by atoms with Crippen LogP contribution < -0.4 is 10.5 Å². The van der Waals surface area contributed by atoms with Crippen LogP contribution in [0.25, 0.3) is 10.9 Å². The van der Waals surface area contributed by atoms with Crippen LogP contribution in [-0.4, -0.2) is 17.0 Å². The Kier molecular flexibility index (Phi) is 5.60. The van der Waals surface area contributed by atoms with Crippen LogP contribution in [-0.2, 0) is 17.4 Å². The summed E-state index contributed by atoms with van der Waals surface area (Å²) in [6, 6.07) is 9.23. The van der Waals surface area contributed by atoms with Gasteiger partial charge in [0.05, 0.1) is 17.3 Å². The second-order valence-corrected chi connectivity index (χ2v) is 6.27. The molecule has 4 nitrogen and oxygen atoms in total. The predicted molar refractivity (Wildman–Crippen MR) is 95.1 cm³/mol. The number of carbonyl (C=O) groups is 1. The van der Waals surface area contributed by atoms with Crippen molar-refractivity contribution in [2.75, 3.05) is 0 Å². The third-order valence-corrected chi connectivity index (χ3v) is 4.16. The van der Waals surface area contributed by atoms with E-state index < -0.39 is 29.6 Å². The molecule has 2 N–H and O–H groups in total. The van der Waals surface area contributed by atoms with Gasteiger partial charge in [-0.05, 0) is 54.8 Å². The Morgan fingerprint density at radius 3 is 2.50 bits per heavy atom. The number of aryl methyl sites for hydroxylation is 1. The Balaban J connectivity index is 1.58. The van der Waals surface area contributed by atoms with E-state index in [4.69, 9.17) is 10.5 Å². The minimum atomic E-state index is -4.39. The minimum absolute atomic E-state index is 0.132. The van der Waals surface area contributed by atoms with Crippen molar-refractivity contribution in [1.29, 1.82) is 0 Å². The molecule has 1 heterocycles. The number of alkyl halides is 3. The van der Waals surface area contributed by atoms with Gasteiger partial charge in [0, 0.05) is 5.39 Å². The van der Waals surface area contributed by atoms with Crippen LogP contribution >= 0.6 is 0 Å². The zero-order chi connectivity index (χ0) is 20.3. The van der Waals surface area contributed by atoms with Crippen LogP contribution in [0.2, 0.25) is 0 Å². The number of pyridine rings is 1. The Labute approximate surface area is 157 Å². The van der Waals surface area contributed by atoms with Crippen molar-refractivity contribution >= 4 is 16.9 Å². The summed E-state index contributed by atoms with van der Waals surface area (Å²) < 4.78 is 56.1. The van der Waals surface area contributed by atoms with Crippen LogP contribution in [0.1, 0.15) is 17.5 Å². The summed E-state index contributed by atoms with van der Waals surface area (Å²) in [4.78, 5) is 16.2. The van der Waals surface area contributed by atoms with E-state index >= 15 is 0 Å². The van der Waals surface area contributed by atoms with Crippen LogP contribution in [0.4, 0.5) is 17.6 Å². The molecule has 3 aromatic rings. The van der Waals surface area contributed by atoms with E-state index in [1.807, 2.05) is 0 Å². The smallest absolute Gasteiger partial charge is 0.416 e. The molecule has 0 unspecified atom stereocenters. The maximum absolute atomic E-state index is 13.3. The lowest BCUT2D eigenvalue weighted by Crippen LogP contribution is -2.34. The normalized spacial score (nSPS) is 12.8. The van der Waals surface area contributed by atoms with Gasteiger partial charge in [-0.1, -0.05) is 12.1 Å². The van der Waals surface area contributed by atoms with E-state index in [1.165, 1.54) is 42.6 Å².